The number of aliphatic carboxylic acids is 1. The van der Waals surface area contributed by atoms with Crippen molar-refractivity contribution in [3.05, 3.63) is 100 Å². The summed E-state index contributed by atoms with van der Waals surface area (Å²) < 4.78 is 2.35. The number of hydrogen-bond acceptors (Lipinski definition) is 7. The molecule has 3 heterocycles. The molecule has 8 heteroatoms. The van der Waals surface area contributed by atoms with Crippen LogP contribution in [0.2, 0.25) is 0 Å². The highest BCUT2D eigenvalue weighted by molar-refractivity contribution is 7.99. The Kier molecular flexibility index (Phi) is 11.2. The van der Waals surface area contributed by atoms with Crippen molar-refractivity contribution in [2.24, 2.45) is 0 Å². The molecule has 0 aliphatic carbocycles. The number of hydrogen-bond donors (Lipinski definition) is 2. The topological polar surface area (TPSA) is 80.1 Å². The third-order valence-corrected chi connectivity index (χ3v) is 9.86. The van der Waals surface area contributed by atoms with E-state index in [1.54, 1.807) is 32.7 Å². The second kappa shape index (κ2) is 15.1. The van der Waals surface area contributed by atoms with E-state index in [2.05, 4.69) is 101 Å². The van der Waals surface area contributed by atoms with E-state index < -0.39 is 11.6 Å². The van der Waals surface area contributed by atoms with Gasteiger partial charge >= 0.3 is 5.97 Å². The molecule has 2 N–H and O–H groups in total. The van der Waals surface area contributed by atoms with Gasteiger partial charge in [-0.15, -0.1) is 0 Å². The van der Waals surface area contributed by atoms with Crippen molar-refractivity contribution < 1.29 is 15.0 Å². The van der Waals surface area contributed by atoms with Crippen molar-refractivity contribution in [2.75, 3.05) is 48.2 Å². The van der Waals surface area contributed by atoms with E-state index in [1.807, 2.05) is 12.4 Å². The lowest BCUT2D eigenvalue weighted by molar-refractivity contribution is -0.136. The third kappa shape index (κ3) is 8.41. The predicted molar refractivity (Wildman–Crippen MR) is 201 cm³/mol. The number of pyridine rings is 1. The van der Waals surface area contributed by atoms with Crippen LogP contribution in [0.5, 0.6) is 0 Å². The number of aliphatic hydroxyl groups is 1. The molecular weight excluding hydrogens is 617 g/mol. The number of carbonyl (C=O) groups is 1. The van der Waals surface area contributed by atoms with Crippen LogP contribution >= 0.6 is 11.9 Å². The first-order valence-electron chi connectivity index (χ1n) is 16.8. The van der Waals surface area contributed by atoms with Crippen LogP contribution in [0.25, 0.3) is 22.3 Å². The highest BCUT2D eigenvalue weighted by Gasteiger charge is 2.31. The molecule has 0 atom stereocenters. The summed E-state index contributed by atoms with van der Waals surface area (Å²) in [4.78, 5) is 21.3. The molecule has 48 heavy (non-hydrogen) atoms. The Balaban J connectivity index is 0.000000840. The minimum atomic E-state index is -0.801. The number of fused-ring (bicyclic) bond motifs is 3. The van der Waals surface area contributed by atoms with E-state index in [0.717, 1.165) is 79.2 Å². The average Bonchev–Trinajstić information content (AvgIpc) is 3.05. The SMILES string of the molecule is CC(C)(C)O.CSN1Cc2cc(N3CCN(CCc4ccncc4)CC3)ccc2-c2c(C)c(-c3ccc(C)cc3)c(CC(=O)O)c(C)c21. The van der Waals surface area contributed by atoms with Gasteiger partial charge in [0.1, 0.15) is 0 Å². The maximum absolute atomic E-state index is 12.1. The molecule has 0 unspecified atom stereocenters. The van der Waals surface area contributed by atoms with E-state index in [0.29, 0.717) is 0 Å². The molecule has 7 nitrogen and oxygen atoms in total. The van der Waals surface area contributed by atoms with Crippen LogP contribution in [0, 0.1) is 20.8 Å². The number of benzene rings is 3. The summed E-state index contributed by atoms with van der Waals surface area (Å²) in [6.45, 7) is 17.6. The number of piperazine rings is 1. The monoisotopic (exact) mass is 666 g/mol. The summed E-state index contributed by atoms with van der Waals surface area (Å²) in [5.41, 5.74) is 13.5. The van der Waals surface area contributed by atoms with Crippen LogP contribution in [0.1, 0.15) is 54.2 Å². The van der Waals surface area contributed by atoms with Gasteiger partial charge in [-0.2, -0.15) is 0 Å². The highest BCUT2D eigenvalue weighted by Crippen LogP contribution is 2.50. The van der Waals surface area contributed by atoms with Gasteiger partial charge < -0.3 is 19.4 Å². The van der Waals surface area contributed by atoms with Crippen molar-refractivity contribution in [1.82, 2.24) is 9.88 Å². The van der Waals surface area contributed by atoms with Gasteiger partial charge in [0.25, 0.3) is 0 Å². The molecule has 3 aromatic carbocycles. The standard InChI is InChI=1S/C36H40N4O2S.C4H10O/c1-24-5-7-28(8-6-24)34-26(3)35-31-10-9-30(39-19-17-38(18-20-39)16-13-27-11-14-37-15-12-27)21-29(31)23-40(43-4)36(35)25(2)32(34)22-33(41)42;1-4(2,3)5/h5-12,14-15,21H,13,16-20,22-23H2,1-4H3,(H,41,42);5H,1-3H3. The first kappa shape index (κ1) is 35.5. The molecule has 0 amide bonds. The van der Waals surface area contributed by atoms with Crippen LogP contribution in [-0.2, 0) is 24.2 Å². The van der Waals surface area contributed by atoms with Crippen LogP contribution < -0.4 is 9.21 Å². The molecule has 0 saturated carbocycles. The van der Waals surface area contributed by atoms with E-state index in [4.69, 9.17) is 5.11 Å². The van der Waals surface area contributed by atoms with E-state index >= 15 is 0 Å². The number of rotatable bonds is 8. The molecule has 254 valence electrons. The molecular formula is C40H50N4O3S. The van der Waals surface area contributed by atoms with Gasteiger partial charge in [0.15, 0.2) is 0 Å². The fourth-order valence-electron chi connectivity index (χ4n) is 6.78. The summed E-state index contributed by atoms with van der Waals surface area (Å²) in [6.07, 6.45) is 6.93. The fourth-order valence-corrected chi connectivity index (χ4v) is 7.46. The molecule has 0 bridgehead atoms. The Labute approximate surface area is 290 Å². The largest absolute Gasteiger partial charge is 0.481 e. The van der Waals surface area contributed by atoms with Crippen molar-refractivity contribution >= 4 is 29.3 Å². The summed E-state index contributed by atoms with van der Waals surface area (Å²) >= 11 is 1.71. The Morgan fingerprint density at radius 3 is 2.15 bits per heavy atom. The fraction of sp³-hybridized carbons (Fsp3) is 0.400. The minimum Gasteiger partial charge on any atom is -0.481 e. The Morgan fingerprint density at radius 2 is 1.54 bits per heavy atom. The highest BCUT2D eigenvalue weighted by atomic mass is 32.2. The first-order valence-corrected chi connectivity index (χ1v) is 18.0. The molecule has 2 aliphatic rings. The first-order chi connectivity index (χ1) is 22.8. The number of anilines is 2. The maximum Gasteiger partial charge on any atom is 0.307 e. The lowest BCUT2D eigenvalue weighted by atomic mass is 9.81. The minimum absolute atomic E-state index is 0.00567. The number of carboxylic acids is 1. The van der Waals surface area contributed by atoms with E-state index in [9.17, 15) is 9.90 Å². The molecule has 0 radical (unpaired) electrons. The summed E-state index contributed by atoms with van der Waals surface area (Å²) in [7, 11) is 0. The van der Waals surface area contributed by atoms with Gasteiger partial charge in [0.05, 0.1) is 24.3 Å². The zero-order valence-electron chi connectivity index (χ0n) is 29.5. The van der Waals surface area contributed by atoms with Crippen LogP contribution in [0.4, 0.5) is 11.4 Å². The average molecular weight is 667 g/mol. The van der Waals surface area contributed by atoms with E-state index in [-0.39, 0.29) is 6.42 Å². The van der Waals surface area contributed by atoms with Gasteiger partial charge in [-0.05, 0) is 117 Å². The molecule has 1 saturated heterocycles. The van der Waals surface area contributed by atoms with Crippen LogP contribution in [-0.4, -0.2) is 70.6 Å². The Bertz CT molecular complexity index is 1720. The van der Waals surface area contributed by atoms with Crippen LogP contribution in [0.15, 0.2) is 67.0 Å². The van der Waals surface area contributed by atoms with Gasteiger partial charge in [-0.3, -0.25) is 14.7 Å². The lowest BCUT2D eigenvalue weighted by Crippen LogP contribution is -2.47. The zero-order chi connectivity index (χ0) is 34.6. The summed E-state index contributed by atoms with van der Waals surface area (Å²) in [6, 6.07) is 19.7. The van der Waals surface area contributed by atoms with Crippen molar-refractivity contribution in [2.45, 2.75) is 66.5 Å². The number of carboxylic acid groups (broad SMARTS) is 1. The molecule has 6 rings (SSSR count). The quantitative estimate of drug-likeness (QED) is 0.185. The second-order valence-electron chi connectivity index (χ2n) is 13.9. The normalized spacial score (nSPS) is 14.6. The van der Waals surface area contributed by atoms with Crippen molar-refractivity contribution in [3.63, 3.8) is 0 Å². The van der Waals surface area contributed by atoms with Gasteiger partial charge in [0, 0.05) is 62.6 Å². The van der Waals surface area contributed by atoms with Crippen LogP contribution in [0.3, 0.4) is 0 Å². The molecule has 1 aromatic heterocycles. The number of aromatic nitrogens is 1. The Morgan fingerprint density at radius 1 is 0.896 bits per heavy atom. The summed E-state index contributed by atoms with van der Waals surface area (Å²) in [5, 5.41) is 18.4. The van der Waals surface area contributed by atoms with Gasteiger partial charge in [-0.25, -0.2) is 0 Å². The molecule has 1 fully saturated rings. The van der Waals surface area contributed by atoms with E-state index in [1.165, 1.54) is 33.5 Å². The summed E-state index contributed by atoms with van der Waals surface area (Å²) in [5.74, 6) is -0.801. The molecule has 2 aliphatic heterocycles. The second-order valence-corrected chi connectivity index (χ2v) is 14.7. The zero-order valence-corrected chi connectivity index (χ0v) is 30.3. The van der Waals surface area contributed by atoms with Gasteiger partial charge in [0.2, 0.25) is 0 Å². The van der Waals surface area contributed by atoms with Crippen molar-refractivity contribution in [1.29, 1.82) is 0 Å². The van der Waals surface area contributed by atoms with Crippen molar-refractivity contribution in [3.8, 4) is 22.3 Å². The lowest BCUT2D eigenvalue weighted by Gasteiger charge is -2.38. The number of aryl methyl sites for hydroxylation is 1. The Hall–Kier alpha value is -3.85. The smallest absolute Gasteiger partial charge is 0.307 e. The van der Waals surface area contributed by atoms with Gasteiger partial charge in [-0.1, -0.05) is 47.8 Å². The maximum atomic E-state index is 12.1. The number of nitrogens with zero attached hydrogens (tertiary/aromatic N) is 4. The molecule has 4 aromatic rings. The molecule has 0 spiro atoms. The third-order valence-electron chi connectivity index (χ3n) is 9.11. The predicted octanol–water partition coefficient (Wildman–Crippen LogP) is 7.71.